The lowest BCUT2D eigenvalue weighted by atomic mass is 9.98. The highest BCUT2D eigenvalue weighted by molar-refractivity contribution is 5.28. The van der Waals surface area contributed by atoms with E-state index in [9.17, 15) is 8.78 Å². The van der Waals surface area contributed by atoms with Gasteiger partial charge in [-0.25, -0.2) is 8.78 Å². The van der Waals surface area contributed by atoms with Crippen LogP contribution in [-0.2, 0) is 6.42 Å². The Balaban J connectivity index is 2.14. The average Bonchev–Trinajstić information content (AvgIpc) is 2.96. The Kier molecular flexibility index (Phi) is 3.27. The van der Waals surface area contributed by atoms with Crippen LogP contribution in [0.2, 0.25) is 0 Å². The molecule has 0 saturated heterocycles. The molecule has 1 aromatic carbocycles. The third-order valence-electron chi connectivity index (χ3n) is 3.25. The molecule has 16 heavy (non-hydrogen) atoms. The zero-order valence-corrected chi connectivity index (χ0v) is 9.89. The second kappa shape index (κ2) is 4.52. The number of halogens is 2. The molecule has 1 aromatic rings. The predicted octanol–water partition coefficient (Wildman–Crippen LogP) is 4.43. The Morgan fingerprint density at radius 2 is 1.75 bits per heavy atom. The van der Waals surface area contributed by atoms with Crippen LogP contribution in [0.3, 0.4) is 0 Å². The van der Waals surface area contributed by atoms with Crippen LogP contribution in [0.5, 0.6) is 0 Å². The smallest absolute Gasteiger partial charge is 0.129 e. The minimum absolute atomic E-state index is 0.0996. The number of rotatable bonds is 4. The quantitative estimate of drug-likeness (QED) is 0.709. The van der Waals surface area contributed by atoms with Gasteiger partial charge in [0.1, 0.15) is 11.6 Å². The van der Waals surface area contributed by atoms with Crippen LogP contribution in [0.4, 0.5) is 8.78 Å². The summed E-state index contributed by atoms with van der Waals surface area (Å²) >= 11 is 0. The molecule has 88 valence electrons. The van der Waals surface area contributed by atoms with Crippen molar-refractivity contribution in [3.8, 4) is 0 Å². The van der Waals surface area contributed by atoms with Crippen LogP contribution >= 0.6 is 0 Å². The van der Waals surface area contributed by atoms with E-state index in [1.807, 2.05) is 13.8 Å². The lowest BCUT2D eigenvalue weighted by molar-refractivity contribution is 0.537. The van der Waals surface area contributed by atoms with E-state index in [-0.39, 0.29) is 23.1 Å². The van der Waals surface area contributed by atoms with E-state index in [1.165, 1.54) is 25.0 Å². The molecule has 2 heteroatoms. The third-order valence-corrected chi connectivity index (χ3v) is 3.25. The summed E-state index contributed by atoms with van der Waals surface area (Å²) < 4.78 is 27.3. The molecular formula is C14H18F2. The largest absolute Gasteiger partial charge is 0.207 e. The SMILES string of the molecule is CC(C)c1c(F)cc(CCC2CC2)cc1F. The Morgan fingerprint density at radius 1 is 1.19 bits per heavy atom. The molecule has 0 aromatic heterocycles. The summed E-state index contributed by atoms with van der Waals surface area (Å²) in [6.45, 7) is 3.62. The van der Waals surface area contributed by atoms with Gasteiger partial charge in [0, 0.05) is 5.56 Å². The zero-order chi connectivity index (χ0) is 11.7. The highest BCUT2D eigenvalue weighted by Gasteiger charge is 2.21. The maximum absolute atomic E-state index is 13.7. The van der Waals surface area contributed by atoms with Crippen molar-refractivity contribution in [2.45, 2.75) is 45.4 Å². The Hall–Kier alpha value is -0.920. The van der Waals surface area contributed by atoms with Gasteiger partial charge in [-0.2, -0.15) is 0 Å². The van der Waals surface area contributed by atoms with Crippen molar-refractivity contribution in [2.75, 3.05) is 0 Å². The number of benzene rings is 1. The fraction of sp³-hybridized carbons (Fsp3) is 0.571. The second-order valence-corrected chi connectivity index (χ2v) is 5.11. The minimum atomic E-state index is -0.388. The van der Waals surface area contributed by atoms with E-state index < -0.39 is 0 Å². The van der Waals surface area contributed by atoms with Crippen molar-refractivity contribution in [3.63, 3.8) is 0 Å². The van der Waals surface area contributed by atoms with E-state index in [1.54, 1.807) is 0 Å². The molecule has 2 rings (SSSR count). The van der Waals surface area contributed by atoms with Gasteiger partial charge < -0.3 is 0 Å². The highest BCUT2D eigenvalue weighted by atomic mass is 19.1. The first-order valence-corrected chi connectivity index (χ1v) is 6.05. The fourth-order valence-electron chi connectivity index (χ4n) is 2.11. The van der Waals surface area contributed by atoms with E-state index >= 15 is 0 Å². The van der Waals surface area contributed by atoms with Crippen LogP contribution in [0, 0.1) is 17.6 Å². The van der Waals surface area contributed by atoms with Gasteiger partial charge in [-0.05, 0) is 42.4 Å². The molecule has 0 unspecified atom stereocenters. The molecule has 0 N–H and O–H groups in total. The van der Waals surface area contributed by atoms with Crippen LogP contribution in [0.1, 0.15) is 50.2 Å². The Morgan fingerprint density at radius 3 is 2.19 bits per heavy atom. The topological polar surface area (TPSA) is 0 Å². The molecule has 1 fully saturated rings. The summed E-state index contributed by atoms with van der Waals surface area (Å²) in [7, 11) is 0. The molecular weight excluding hydrogens is 206 g/mol. The molecule has 0 nitrogen and oxygen atoms in total. The van der Waals surface area contributed by atoms with E-state index in [4.69, 9.17) is 0 Å². The molecule has 0 bridgehead atoms. The zero-order valence-electron chi connectivity index (χ0n) is 9.89. The molecule has 0 spiro atoms. The van der Waals surface area contributed by atoms with Gasteiger partial charge in [-0.3, -0.25) is 0 Å². The summed E-state index contributed by atoms with van der Waals surface area (Å²) in [4.78, 5) is 0. The van der Waals surface area contributed by atoms with Gasteiger partial charge in [0.25, 0.3) is 0 Å². The summed E-state index contributed by atoms with van der Waals surface area (Å²) in [5.41, 5.74) is 1.02. The van der Waals surface area contributed by atoms with Crippen molar-refractivity contribution in [2.24, 2.45) is 5.92 Å². The fourth-order valence-corrected chi connectivity index (χ4v) is 2.11. The molecule has 1 aliphatic carbocycles. The predicted molar refractivity (Wildman–Crippen MR) is 61.5 cm³/mol. The summed E-state index contributed by atoms with van der Waals surface area (Å²) in [6, 6.07) is 3.00. The standard InChI is InChI=1S/C14H18F2/c1-9(2)14-12(15)7-11(8-13(14)16)6-5-10-3-4-10/h7-10H,3-6H2,1-2H3. The van der Waals surface area contributed by atoms with Gasteiger partial charge in [-0.1, -0.05) is 26.7 Å². The lowest BCUT2D eigenvalue weighted by Gasteiger charge is -2.10. The molecule has 0 heterocycles. The summed E-state index contributed by atoms with van der Waals surface area (Å²) in [5.74, 6) is -0.0741. The number of hydrogen-bond acceptors (Lipinski definition) is 0. The molecule has 0 radical (unpaired) electrons. The maximum atomic E-state index is 13.7. The van der Waals surface area contributed by atoms with Gasteiger partial charge in [-0.15, -0.1) is 0 Å². The first-order valence-electron chi connectivity index (χ1n) is 6.05. The van der Waals surface area contributed by atoms with Crippen LogP contribution in [0.15, 0.2) is 12.1 Å². The molecule has 1 aliphatic rings. The molecule has 0 amide bonds. The monoisotopic (exact) mass is 224 g/mol. The van der Waals surface area contributed by atoms with E-state index in [0.29, 0.717) is 0 Å². The minimum Gasteiger partial charge on any atom is -0.207 e. The van der Waals surface area contributed by atoms with Crippen molar-refractivity contribution >= 4 is 0 Å². The van der Waals surface area contributed by atoms with Crippen molar-refractivity contribution in [1.82, 2.24) is 0 Å². The van der Waals surface area contributed by atoms with E-state index in [0.717, 1.165) is 24.3 Å². The van der Waals surface area contributed by atoms with Crippen molar-refractivity contribution in [1.29, 1.82) is 0 Å². The molecule has 0 aliphatic heterocycles. The first-order chi connectivity index (χ1) is 7.58. The van der Waals surface area contributed by atoms with Crippen LogP contribution in [-0.4, -0.2) is 0 Å². The average molecular weight is 224 g/mol. The van der Waals surface area contributed by atoms with Crippen LogP contribution in [0.25, 0.3) is 0 Å². The second-order valence-electron chi connectivity index (χ2n) is 5.11. The van der Waals surface area contributed by atoms with Gasteiger partial charge in [0.15, 0.2) is 0 Å². The summed E-state index contributed by atoms with van der Waals surface area (Å²) in [5, 5.41) is 0. The van der Waals surface area contributed by atoms with Gasteiger partial charge in [0.2, 0.25) is 0 Å². The molecule has 0 atom stereocenters. The molecule has 1 saturated carbocycles. The normalized spacial score (nSPS) is 15.8. The Labute approximate surface area is 95.7 Å². The Bertz CT molecular complexity index is 355. The van der Waals surface area contributed by atoms with Crippen molar-refractivity contribution < 1.29 is 8.78 Å². The van der Waals surface area contributed by atoms with Crippen LogP contribution < -0.4 is 0 Å². The third kappa shape index (κ3) is 2.60. The summed E-state index contributed by atoms with van der Waals surface area (Å²) in [6.07, 6.45) is 4.45. The maximum Gasteiger partial charge on any atom is 0.129 e. The lowest BCUT2D eigenvalue weighted by Crippen LogP contribution is -2.00. The van der Waals surface area contributed by atoms with E-state index in [2.05, 4.69) is 0 Å². The van der Waals surface area contributed by atoms with Crippen molar-refractivity contribution in [3.05, 3.63) is 34.9 Å². The van der Waals surface area contributed by atoms with Gasteiger partial charge in [0.05, 0.1) is 0 Å². The number of aryl methyl sites for hydroxylation is 1. The highest BCUT2D eigenvalue weighted by Crippen LogP contribution is 2.34. The number of hydrogen-bond donors (Lipinski definition) is 0. The van der Waals surface area contributed by atoms with Gasteiger partial charge >= 0.3 is 0 Å². The first kappa shape index (κ1) is 11.6.